The van der Waals surface area contributed by atoms with Gasteiger partial charge in [-0.25, -0.2) is 0 Å². The Morgan fingerprint density at radius 3 is 2.28 bits per heavy atom. The predicted octanol–water partition coefficient (Wildman–Crippen LogP) is 9.07. The summed E-state index contributed by atoms with van der Waals surface area (Å²) >= 11 is 1.81. The SMILES string of the molecule is CC1(C)OB(c2cccc3c2sc2ccc(-c4cccc5oc6c7ccccc7ccc6c45)cc23)OC1(C)C. The minimum Gasteiger partial charge on any atom is -0.455 e. The van der Waals surface area contributed by atoms with Crippen molar-refractivity contribution < 1.29 is 13.7 Å². The van der Waals surface area contributed by atoms with Crippen LogP contribution in [0.3, 0.4) is 0 Å². The van der Waals surface area contributed by atoms with Gasteiger partial charge in [0.05, 0.1) is 11.2 Å². The first-order valence-corrected chi connectivity index (χ1v) is 14.3. The highest BCUT2D eigenvalue weighted by atomic mass is 32.1. The maximum Gasteiger partial charge on any atom is 0.496 e. The van der Waals surface area contributed by atoms with Gasteiger partial charge in [-0.1, -0.05) is 66.7 Å². The lowest BCUT2D eigenvalue weighted by atomic mass is 9.78. The van der Waals surface area contributed by atoms with Crippen molar-refractivity contribution in [3.8, 4) is 11.1 Å². The molecule has 5 aromatic carbocycles. The van der Waals surface area contributed by atoms with Gasteiger partial charge in [-0.05, 0) is 73.9 Å². The zero-order valence-corrected chi connectivity index (χ0v) is 23.2. The molecule has 0 atom stereocenters. The number of hydrogen-bond donors (Lipinski definition) is 0. The standard InChI is InChI=1S/C34H27BO3S/c1-33(2)34(3,4)38-35(37-33)27-13-7-12-24-26-19-21(16-18-29(26)39-32(24)27)22-11-8-14-28-30(22)25-17-15-20-9-5-6-10-23(20)31(25)36-28/h5-19H,1-4H3. The molecule has 8 rings (SSSR count). The Morgan fingerprint density at radius 1 is 0.667 bits per heavy atom. The van der Waals surface area contributed by atoms with Gasteiger partial charge < -0.3 is 13.7 Å². The maximum absolute atomic E-state index is 6.45. The molecule has 0 unspecified atom stereocenters. The quantitative estimate of drug-likeness (QED) is 0.211. The van der Waals surface area contributed by atoms with Crippen LogP contribution < -0.4 is 5.46 Å². The molecule has 190 valence electrons. The second kappa shape index (κ2) is 7.95. The number of fused-ring (bicyclic) bond motifs is 8. The van der Waals surface area contributed by atoms with Crippen LogP contribution >= 0.6 is 11.3 Å². The molecule has 1 saturated heterocycles. The Hall–Kier alpha value is -3.64. The summed E-state index contributed by atoms with van der Waals surface area (Å²) in [6, 6.07) is 32.5. The minimum absolute atomic E-state index is 0.374. The summed E-state index contributed by atoms with van der Waals surface area (Å²) in [4.78, 5) is 0. The summed E-state index contributed by atoms with van der Waals surface area (Å²) in [5, 5.41) is 7.13. The molecule has 1 aliphatic rings. The Balaban J connectivity index is 1.32. The lowest BCUT2D eigenvalue weighted by Gasteiger charge is -2.32. The summed E-state index contributed by atoms with van der Waals surface area (Å²) in [6.07, 6.45) is 0. The fourth-order valence-corrected chi connectivity index (χ4v) is 7.14. The molecular formula is C34H27BO3S. The molecule has 0 N–H and O–H groups in total. The van der Waals surface area contributed by atoms with Gasteiger partial charge in [0.2, 0.25) is 0 Å². The van der Waals surface area contributed by atoms with Crippen molar-refractivity contribution in [2.75, 3.05) is 0 Å². The van der Waals surface area contributed by atoms with Gasteiger partial charge in [-0.2, -0.15) is 0 Å². The van der Waals surface area contributed by atoms with Gasteiger partial charge in [-0.15, -0.1) is 11.3 Å². The van der Waals surface area contributed by atoms with Crippen molar-refractivity contribution >= 4 is 76.8 Å². The maximum atomic E-state index is 6.45. The van der Waals surface area contributed by atoms with Gasteiger partial charge >= 0.3 is 7.12 Å². The predicted molar refractivity (Wildman–Crippen MR) is 165 cm³/mol. The van der Waals surface area contributed by atoms with Crippen LogP contribution in [0.1, 0.15) is 27.7 Å². The zero-order chi connectivity index (χ0) is 26.5. The highest BCUT2D eigenvalue weighted by Crippen LogP contribution is 2.43. The van der Waals surface area contributed by atoms with Crippen LogP contribution in [0.5, 0.6) is 0 Å². The number of furan rings is 1. The molecule has 2 aromatic heterocycles. The molecule has 0 radical (unpaired) electrons. The van der Waals surface area contributed by atoms with Crippen molar-refractivity contribution in [3.63, 3.8) is 0 Å². The highest BCUT2D eigenvalue weighted by molar-refractivity contribution is 7.27. The second-order valence-electron chi connectivity index (χ2n) is 11.6. The zero-order valence-electron chi connectivity index (χ0n) is 22.4. The number of thiophene rings is 1. The molecule has 0 spiro atoms. The average Bonchev–Trinajstić information content (AvgIpc) is 3.56. The van der Waals surface area contributed by atoms with Gasteiger partial charge in [0.25, 0.3) is 0 Å². The lowest BCUT2D eigenvalue weighted by molar-refractivity contribution is 0.00578. The fourth-order valence-electron chi connectivity index (χ4n) is 5.94. The molecule has 0 aliphatic carbocycles. The van der Waals surface area contributed by atoms with E-state index in [0.717, 1.165) is 32.8 Å². The molecule has 39 heavy (non-hydrogen) atoms. The van der Waals surface area contributed by atoms with E-state index >= 15 is 0 Å². The van der Waals surface area contributed by atoms with E-state index in [1.54, 1.807) is 0 Å². The van der Waals surface area contributed by atoms with Crippen LogP contribution in [-0.2, 0) is 9.31 Å². The normalized spacial score (nSPS) is 16.9. The van der Waals surface area contributed by atoms with Crippen molar-refractivity contribution in [2.45, 2.75) is 38.9 Å². The van der Waals surface area contributed by atoms with Crippen molar-refractivity contribution in [1.82, 2.24) is 0 Å². The summed E-state index contributed by atoms with van der Waals surface area (Å²) in [6.45, 7) is 8.42. The summed E-state index contributed by atoms with van der Waals surface area (Å²) in [7, 11) is -0.382. The molecule has 1 fully saturated rings. The summed E-state index contributed by atoms with van der Waals surface area (Å²) in [5.41, 5.74) is 4.59. The molecule has 7 aromatic rings. The van der Waals surface area contributed by atoms with Crippen LogP contribution in [0, 0.1) is 0 Å². The Labute approximate surface area is 231 Å². The van der Waals surface area contributed by atoms with Crippen LogP contribution in [0.15, 0.2) is 95.4 Å². The van der Waals surface area contributed by atoms with Crippen molar-refractivity contribution in [1.29, 1.82) is 0 Å². The first-order valence-electron chi connectivity index (χ1n) is 13.4. The highest BCUT2D eigenvalue weighted by Gasteiger charge is 2.52. The topological polar surface area (TPSA) is 31.6 Å². The first kappa shape index (κ1) is 23.3. The average molecular weight is 526 g/mol. The smallest absolute Gasteiger partial charge is 0.455 e. The van der Waals surface area contributed by atoms with Gasteiger partial charge in [0.15, 0.2) is 0 Å². The third-order valence-corrected chi connectivity index (χ3v) is 9.97. The van der Waals surface area contributed by atoms with Crippen LogP contribution in [0.2, 0.25) is 0 Å². The first-order chi connectivity index (χ1) is 18.8. The number of rotatable bonds is 2. The molecule has 3 heterocycles. The third kappa shape index (κ3) is 3.30. The van der Waals surface area contributed by atoms with Crippen LogP contribution in [0.4, 0.5) is 0 Å². The van der Waals surface area contributed by atoms with Crippen LogP contribution in [-0.4, -0.2) is 18.3 Å². The molecule has 3 nitrogen and oxygen atoms in total. The van der Waals surface area contributed by atoms with E-state index in [9.17, 15) is 0 Å². The van der Waals surface area contributed by atoms with Gasteiger partial charge in [-0.3, -0.25) is 0 Å². The van der Waals surface area contributed by atoms with Crippen molar-refractivity contribution in [3.05, 3.63) is 91.0 Å². The third-order valence-electron chi connectivity index (χ3n) is 8.73. The lowest BCUT2D eigenvalue weighted by Crippen LogP contribution is -2.41. The number of hydrogen-bond acceptors (Lipinski definition) is 4. The molecular weight excluding hydrogens is 499 g/mol. The van der Waals surface area contributed by atoms with E-state index < -0.39 is 0 Å². The Kier molecular flexibility index (Phi) is 4.74. The fraction of sp³-hybridized carbons (Fsp3) is 0.176. The van der Waals surface area contributed by atoms with E-state index in [1.165, 1.54) is 36.7 Å². The molecule has 5 heteroatoms. The van der Waals surface area contributed by atoms with Crippen LogP contribution in [0.25, 0.3) is 64.0 Å². The largest absolute Gasteiger partial charge is 0.496 e. The monoisotopic (exact) mass is 526 g/mol. The molecule has 0 amide bonds. The summed E-state index contributed by atoms with van der Waals surface area (Å²) in [5.74, 6) is 0. The van der Waals surface area contributed by atoms with Gasteiger partial charge in [0.1, 0.15) is 11.2 Å². The number of benzene rings is 5. The minimum atomic E-state index is -0.382. The van der Waals surface area contributed by atoms with Crippen molar-refractivity contribution in [2.24, 2.45) is 0 Å². The summed E-state index contributed by atoms with van der Waals surface area (Å²) < 4.78 is 21.8. The van der Waals surface area contributed by atoms with E-state index in [4.69, 9.17) is 13.7 Å². The molecule has 0 bridgehead atoms. The molecule has 1 aliphatic heterocycles. The Morgan fingerprint density at radius 2 is 1.44 bits per heavy atom. The van der Waals surface area contributed by atoms with E-state index in [-0.39, 0.29) is 18.3 Å². The van der Waals surface area contributed by atoms with E-state index in [0.29, 0.717) is 0 Å². The Bertz CT molecular complexity index is 2080. The van der Waals surface area contributed by atoms with E-state index in [1.807, 2.05) is 11.3 Å². The second-order valence-corrected chi connectivity index (χ2v) is 12.6. The van der Waals surface area contributed by atoms with Gasteiger partial charge in [0, 0.05) is 36.4 Å². The molecule has 0 saturated carbocycles. The van der Waals surface area contributed by atoms with E-state index in [2.05, 4.69) is 119 Å².